The molecule has 4 nitrogen and oxygen atoms in total. The van der Waals surface area contributed by atoms with Gasteiger partial charge in [0.05, 0.1) is 0 Å². The average Bonchev–Trinajstić information content (AvgIpc) is 1.83. The van der Waals surface area contributed by atoms with Crippen molar-refractivity contribution in [3.8, 4) is 55.6 Å². The van der Waals surface area contributed by atoms with Crippen LogP contribution in [0.2, 0.25) is 0 Å². The minimum absolute atomic E-state index is 0.0173. The molecule has 0 unspecified atom stereocenters. The smallest absolute Gasteiger partial charge is 0.261 e. The number of benzene rings is 12. The fourth-order valence-electron chi connectivity index (χ4n) is 13.7. The first-order valence-corrected chi connectivity index (χ1v) is 29.8. The molecule has 0 N–H and O–H groups in total. The van der Waals surface area contributed by atoms with Gasteiger partial charge in [-0.3, -0.25) is 0 Å². The van der Waals surface area contributed by atoms with E-state index in [0.29, 0.717) is 0 Å². The standard InChI is InChI=1S/C80H61BN2O2/c1-79(2,3)58-38-30-55(31-39-58)64-48-68-75(77-72(64)62-26-16-18-28-70(62)84-77)81-74-66(82(68)60-42-34-53(35-43-60)50-20-10-7-11-21-50)46-57(52-24-14-9-15-25-52)47-67(74)83(61-44-36-54(37-45-61)51-22-12-8-13-23-51)69-49-65(56-32-40-59(41-33-56)80(4,5)6)73-63-27-17-19-29-71(63)85-78(73)76(69)81/h7-49H,1-6H3. The van der Waals surface area contributed by atoms with Crippen LogP contribution in [-0.2, 0) is 10.8 Å². The van der Waals surface area contributed by atoms with Gasteiger partial charge in [-0.1, -0.05) is 242 Å². The van der Waals surface area contributed by atoms with Crippen molar-refractivity contribution in [1.29, 1.82) is 0 Å². The number of hydrogen-bond donors (Lipinski definition) is 0. The molecule has 85 heavy (non-hydrogen) atoms. The third kappa shape index (κ3) is 8.20. The van der Waals surface area contributed by atoms with Crippen LogP contribution in [0.25, 0.3) is 99.5 Å². The highest BCUT2D eigenvalue weighted by atomic mass is 16.3. The number of para-hydroxylation sites is 2. The Hall–Kier alpha value is -10.1. The number of furan rings is 2. The Morgan fingerprint density at radius 2 is 0.612 bits per heavy atom. The minimum Gasteiger partial charge on any atom is -0.456 e. The summed E-state index contributed by atoms with van der Waals surface area (Å²) in [5.41, 5.74) is 27.1. The van der Waals surface area contributed by atoms with Gasteiger partial charge in [-0.2, -0.15) is 0 Å². The van der Waals surface area contributed by atoms with Crippen LogP contribution in [0, 0.1) is 0 Å². The van der Waals surface area contributed by atoms with Crippen LogP contribution in [0.15, 0.2) is 270 Å². The molecule has 0 bridgehead atoms. The van der Waals surface area contributed by atoms with Gasteiger partial charge < -0.3 is 18.6 Å². The number of nitrogens with zero attached hydrogens (tertiary/aromatic N) is 2. The van der Waals surface area contributed by atoms with Crippen LogP contribution in [0.3, 0.4) is 0 Å². The van der Waals surface area contributed by atoms with Crippen molar-refractivity contribution in [2.75, 3.05) is 9.80 Å². The summed E-state index contributed by atoms with van der Waals surface area (Å²) in [6.45, 7) is 13.3. The third-order valence-corrected chi connectivity index (χ3v) is 18.0. The van der Waals surface area contributed by atoms with Crippen molar-refractivity contribution < 1.29 is 8.83 Å². The topological polar surface area (TPSA) is 32.8 Å². The third-order valence-electron chi connectivity index (χ3n) is 18.0. The Kier molecular flexibility index (Phi) is 11.5. The molecular formula is C80H61BN2O2. The van der Waals surface area contributed by atoms with Gasteiger partial charge in [0.2, 0.25) is 0 Å². The highest BCUT2D eigenvalue weighted by Gasteiger charge is 2.48. The largest absolute Gasteiger partial charge is 0.456 e. The molecule has 0 saturated heterocycles. The van der Waals surface area contributed by atoms with E-state index >= 15 is 0 Å². The summed E-state index contributed by atoms with van der Waals surface area (Å²) in [5.74, 6) is 0. The maximum atomic E-state index is 7.57. The number of anilines is 6. The van der Waals surface area contributed by atoms with Crippen LogP contribution in [-0.4, -0.2) is 6.71 Å². The van der Waals surface area contributed by atoms with Crippen LogP contribution in [0.1, 0.15) is 52.7 Å². The fourth-order valence-corrected chi connectivity index (χ4v) is 13.7. The van der Waals surface area contributed by atoms with E-state index < -0.39 is 0 Å². The van der Waals surface area contributed by atoms with Crippen molar-refractivity contribution in [2.45, 2.75) is 52.4 Å². The molecule has 0 saturated carbocycles. The van der Waals surface area contributed by atoms with Crippen molar-refractivity contribution >= 4 is 101 Å². The molecular weight excluding hydrogens is 1030 g/mol. The van der Waals surface area contributed by atoms with E-state index in [2.05, 4.69) is 312 Å². The summed E-state index contributed by atoms with van der Waals surface area (Å²) in [6, 6.07) is 96.1. The molecule has 0 aliphatic carbocycles. The second-order valence-electron chi connectivity index (χ2n) is 25.2. The van der Waals surface area contributed by atoms with E-state index in [1.54, 1.807) is 0 Å². The number of hydrogen-bond acceptors (Lipinski definition) is 4. The monoisotopic (exact) mass is 1090 g/mol. The molecule has 4 heterocycles. The molecule has 2 aliphatic rings. The quantitative estimate of drug-likeness (QED) is 0.149. The average molecular weight is 1090 g/mol. The summed E-state index contributed by atoms with van der Waals surface area (Å²) < 4.78 is 15.1. The van der Waals surface area contributed by atoms with Crippen molar-refractivity contribution in [3.05, 3.63) is 272 Å². The highest BCUT2D eigenvalue weighted by Crippen LogP contribution is 2.52. The van der Waals surface area contributed by atoms with Gasteiger partial charge in [-0.05, 0) is 155 Å². The molecule has 0 fully saturated rings. The summed E-state index contributed by atoms with van der Waals surface area (Å²) in [5, 5.41) is 4.36. The van der Waals surface area contributed by atoms with E-state index in [1.165, 1.54) is 27.7 Å². The van der Waals surface area contributed by atoms with Crippen LogP contribution < -0.4 is 26.2 Å². The first-order valence-electron chi connectivity index (χ1n) is 29.8. The van der Waals surface area contributed by atoms with E-state index in [0.717, 1.165) is 133 Å². The maximum absolute atomic E-state index is 7.57. The molecule has 14 aromatic rings. The van der Waals surface area contributed by atoms with Crippen molar-refractivity contribution in [2.24, 2.45) is 0 Å². The Balaban J connectivity index is 1.08. The SMILES string of the molecule is CC(C)(C)c1ccc(-c2cc3c(c4oc5ccccc5c24)B2c4c(cc(-c5ccccc5)cc4N(c4ccc(-c5ccccc5)cc4)c4cc(-c5ccc(C(C)(C)C)cc5)c5c(oc6ccccc65)c42)N3c2ccc(-c3ccccc3)cc2)cc1. The maximum Gasteiger partial charge on any atom is 0.261 e. The summed E-state index contributed by atoms with van der Waals surface area (Å²) in [6.07, 6.45) is 0. The Morgan fingerprint density at radius 1 is 0.294 bits per heavy atom. The van der Waals surface area contributed by atoms with E-state index in [-0.39, 0.29) is 17.5 Å². The molecule has 2 aromatic heterocycles. The zero-order valence-electron chi connectivity index (χ0n) is 48.6. The lowest BCUT2D eigenvalue weighted by atomic mass is 9.33. The van der Waals surface area contributed by atoms with Gasteiger partial charge in [0, 0.05) is 55.7 Å². The summed E-state index contributed by atoms with van der Waals surface area (Å²) in [4.78, 5) is 5.07. The van der Waals surface area contributed by atoms with Crippen LogP contribution in [0.5, 0.6) is 0 Å². The molecule has 12 aromatic carbocycles. The zero-order valence-corrected chi connectivity index (χ0v) is 48.6. The van der Waals surface area contributed by atoms with Gasteiger partial charge in [0.25, 0.3) is 6.71 Å². The molecule has 0 atom stereocenters. The molecule has 5 heteroatoms. The van der Waals surface area contributed by atoms with Gasteiger partial charge in [-0.15, -0.1) is 0 Å². The minimum atomic E-state index is -0.375. The molecule has 2 aliphatic heterocycles. The Labute approximate surface area is 497 Å². The zero-order chi connectivity index (χ0) is 57.3. The van der Waals surface area contributed by atoms with Gasteiger partial charge in [-0.25, -0.2) is 0 Å². The van der Waals surface area contributed by atoms with Gasteiger partial charge in [0.1, 0.15) is 22.3 Å². The second kappa shape index (κ2) is 19.2. The number of rotatable bonds is 7. The summed E-state index contributed by atoms with van der Waals surface area (Å²) >= 11 is 0. The highest BCUT2D eigenvalue weighted by molar-refractivity contribution is 7.03. The fraction of sp³-hybridized carbons (Fsp3) is 0.100. The number of fused-ring (bicyclic) bond motifs is 12. The molecule has 406 valence electrons. The Morgan fingerprint density at radius 3 is 0.988 bits per heavy atom. The summed E-state index contributed by atoms with van der Waals surface area (Å²) in [7, 11) is 0. The first-order chi connectivity index (χ1) is 41.4. The predicted octanol–water partition coefficient (Wildman–Crippen LogP) is 20.5. The second-order valence-corrected chi connectivity index (χ2v) is 25.2. The molecule has 0 amide bonds. The van der Waals surface area contributed by atoms with Crippen LogP contribution in [0.4, 0.5) is 34.1 Å². The lowest BCUT2D eigenvalue weighted by Gasteiger charge is -2.44. The molecule has 0 spiro atoms. The predicted molar refractivity (Wildman–Crippen MR) is 360 cm³/mol. The van der Waals surface area contributed by atoms with Gasteiger partial charge in [0.15, 0.2) is 0 Å². The normalized spacial score (nSPS) is 13.0. The van der Waals surface area contributed by atoms with Crippen molar-refractivity contribution in [3.63, 3.8) is 0 Å². The van der Waals surface area contributed by atoms with Crippen LogP contribution >= 0.6 is 0 Å². The molecule has 0 radical (unpaired) electrons. The lowest BCUT2D eigenvalue weighted by molar-refractivity contribution is 0.590. The first kappa shape index (κ1) is 50.6. The Bertz CT molecular complexity index is 4620. The van der Waals surface area contributed by atoms with E-state index in [4.69, 9.17) is 8.83 Å². The van der Waals surface area contributed by atoms with E-state index in [1.807, 2.05) is 0 Å². The lowest BCUT2D eigenvalue weighted by Crippen LogP contribution is -2.61. The van der Waals surface area contributed by atoms with E-state index in [9.17, 15) is 0 Å². The van der Waals surface area contributed by atoms with Gasteiger partial charge >= 0.3 is 0 Å². The molecule has 16 rings (SSSR count). The van der Waals surface area contributed by atoms with Crippen molar-refractivity contribution in [1.82, 2.24) is 0 Å².